The van der Waals surface area contributed by atoms with Gasteiger partial charge < -0.3 is 9.80 Å². The number of likely N-dealkylation sites (tertiary alicyclic amines) is 1. The van der Waals surface area contributed by atoms with Gasteiger partial charge in [0.15, 0.2) is 0 Å². The van der Waals surface area contributed by atoms with Crippen molar-refractivity contribution in [2.45, 2.75) is 57.7 Å². The van der Waals surface area contributed by atoms with Crippen molar-refractivity contribution in [3.8, 4) is 0 Å². The van der Waals surface area contributed by atoms with Crippen LogP contribution in [0.2, 0.25) is 0 Å². The van der Waals surface area contributed by atoms with Gasteiger partial charge in [-0.25, -0.2) is 0 Å². The predicted octanol–water partition coefficient (Wildman–Crippen LogP) is 1.39. The summed E-state index contributed by atoms with van der Waals surface area (Å²) in [6.07, 6.45) is 5.40. The molecule has 0 saturated carbocycles. The van der Waals surface area contributed by atoms with Crippen LogP contribution in [-0.2, 0) is 0 Å². The van der Waals surface area contributed by atoms with Gasteiger partial charge in [0.05, 0.1) is 18.1 Å². The van der Waals surface area contributed by atoms with E-state index in [-0.39, 0.29) is 23.0 Å². The molecule has 0 atom stereocenters. The molecule has 0 aromatic carbocycles. The van der Waals surface area contributed by atoms with E-state index in [0.717, 1.165) is 18.4 Å². The normalized spacial score (nSPS) is 27.1. The highest BCUT2D eigenvalue weighted by Gasteiger charge is 2.48. The molecule has 1 amide bonds. The monoisotopic (exact) mass is 290 g/mol. The summed E-state index contributed by atoms with van der Waals surface area (Å²) in [4.78, 5) is 20.1. The lowest BCUT2D eigenvalue weighted by Crippen LogP contribution is -3.24. The van der Waals surface area contributed by atoms with E-state index in [0.29, 0.717) is 0 Å². The summed E-state index contributed by atoms with van der Waals surface area (Å²) < 4.78 is 0. The minimum absolute atomic E-state index is 0.0913. The van der Waals surface area contributed by atoms with Crippen LogP contribution in [-0.4, -0.2) is 47.0 Å². The summed E-state index contributed by atoms with van der Waals surface area (Å²) >= 11 is 0. The van der Waals surface area contributed by atoms with Crippen LogP contribution < -0.4 is 4.90 Å². The Kier molecular flexibility index (Phi) is 4.11. The summed E-state index contributed by atoms with van der Waals surface area (Å²) in [5, 5.41) is 0. The number of aromatic nitrogens is 1. The zero-order valence-electron chi connectivity index (χ0n) is 14.1. The second-order valence-electron chi connectivity index (χ2n) is 7.61. The fraction of sp³-hybridized carbons (Fsp3) is 0.647. The van der Waals surface area contributed by atoms with Crippen LogP contribution in [0.3, 0.4) is 0 Å². The number of nitrogens with zero attached hydrogens (tertiary/aromatic N) is 2. The van der Waals surface area contributed by atoms with E-state index >= 15 is 0 Å². The van der Waals surface area contributed by atoms with E-state index in [1.54, 1.807) is 24.5 Å². The van der Waals surface area contributed by atoms with Crippen LogP contribution in [0.25, 0.3) is 0 Å². The van der Waals surface area contributed by atoms with Gasteiger partial charge in [-0.15, -0.1) is 0 Å². The van der Waals surface area contributed by atoms with Crippen LogP contribution in [0.1, 0.15) is 50.9 Å². The number of hydrogen-bond acceptors (Lipinski definition) is 2. The molecule has 1 saturated heterocycles. The fourth-order valence-corrected chi connectivity index (χ4v) is 3.61. The van der Waals surface area contributed by atoms with Gasteiger partial charge in [0.25, 0.3) is 5.91 Å². The fourth-order valence-electron chi connectivity index (χ4n) is 3.61. The molecule has 2 heterocycles. The molecule has 1 aromatic rings. The molecule has 1 aromatic heterocycles. The number of rotatable bonds is 2. The molecule has 0 unspecified atom stereocenters. The Bertz CT molecular complexity index is 492. The maximum atomic E-state index is 12.6. The molecule has 1 fully saturated rings. The van der Waals surface area contributed by atoms with Crippen molar-refractivity contribution >= 4 is 5.91 Å². The summed E-state index contributed by atoms with van der Waals surface area (Å²) in [6, 6.07) is 3.85. The largest absolute Gasteiger partial charge is 0.338 e. The molecule has 1 aliphatic rings. The van der Waals surface area contributed by atoms with Crippen molar-refractivity contribution in [2.24, 2.45) is 0 Å². The lowest BCUT2D eigenvalue weighted by Gasteiger charge is -2.52. The molecule has 0 bridgehead atoms. The highest BCUT2D eigenvalue weighted by atomic mass is 16.2. The second kappa shape index (κ2) is 5.41. The van der Waals surface area contributed by atoms with Crippen LogP contribution in [0, 0.1) is 0 Å². The van der Waals surface area contributed by atoms with Gasteiger partial charge in [-0.2, -0.15) is 0 Å². The summed E-state index contributed by atoms with van der Waals surface area (Å²) in [5.41, 5.74) is 1.05. The first-order valence-corrected chi connectivity index (χ1v) is 7.67. The van der Waals surface area contributed by atoms with Crippen molar-refractivity contribution in [2.75, 3.05) is 14.1 Å². The molecule has 4 heteroatoms. The van der Waals surface area contributed by atoms with E-state index < -0.39 is 0 Å². The zero-order valence-corrected chi connectivity index (χ0v) is 14.1. The number of pyridine rings is 1. The Morgan fingerprint density at radius 2 is 1.67 bits per heavy atom. The standard InChI is InChI=1S/C17H27N3O/c1-16(2)11-14(12-17(3,4)20(16)6)19(5)15(21)13-7-9-18-10-8-13/h7-10,14H,11-12H2,1-6H3/p+1. The third kappa shape index (κ3) is 3.10. The summed E-state index contributed by atoms with van der Waals surface area (Å²) in [5.74, 6) is 0.0913. The van der Waals surface area contributed by atoms with Gasteiger partial charge in [0, 0.05) is 43.9 Å². The SMILES string of the molecule is CN(C(=O)c1ccncc1)C1CC(C)(C)[NH+](C)C(C)(C)C1. The maximum Gasteiger partial charge on any atom is 0.253 e. The highest BCUT2D eigenvalue weighted by molar-refractivity contribution is 5.94. The summed E-state index contributed by atoms with van der Waals surface area (Å²) in [6.45, 7) is 9.17. The quantitative estimate of drug-likeness (QED) is 0.894. The average molecular weight is 290 g/mol. The molecule has 116 valence electrons. The van der Waals surface area contributed by atoms with E-state index in [4.69, 9.17) is 0 Å². The lowest BCUT2D eigenvalue weighted by atomic mass is 9.77. The van der Waals surface area contributed by atoms with E-state index in [9.17, 15) is 4.79 Å². The smallest absolute Gasteiger partial charge is 0.253 e. The van der Waals surface area contributed by atoms with Crippen LogP contribution in [0.15, 0.2) is 24.5 Å². The molecule has 4 nitrogen and oxygen atoms in total. The number of carbonyl (C=O) groups excluding carboxylic acids is 1. The number of hydrogen-bond donors (Lipinski definition) is 1. The molecule has 0 spiro atoms. The minimum atomic E-state index is 0.0913. The molecular weight excluding hydrogens is 262 g/mol. The minimum Gasteiger partial charge on any atom is -0.338 e. The number of quaternary nitrogens is 1. The first-order valence-electron chi connectivity index (χ1n) is 7.67. The molecule has 1 aliphatic heterocycles. The molecule has 0 aliphatic carbocycles. The van der Waals surface area contributed by atoms with Gasteiger partial charge >= 0.3 is 0 Å². The third-order valence-corrected chi connectivity index (χ3v) is 5.32. The Hall–Kier alpha value is -1.42. The van der Waals surface area contributed by atoms with E-state index in [1.165, 1.54) is 4.90 Å². The molecule has 2 rings (SSSR count). The maximum absolute atomic E-state index is 12.6. The van der Waals surface area contributed by atoms with Gasteiger partial charge in [0.1, 0.15) is 0 Å². The topological polar surface area (TPSA) is 37.6 Å². The van der Waals surface area contributed by atoms with Gasteiger partial charge in [-0.1, -0.05) is 0 Å². The Morgan fingerprint density at radius 1 is 1.19 bits per heavy atom. The predicted molar refractivity (Wildman–Crippen MR) is 84.4 cm³/mol. The zero-order chi connectivity index (χ0) is 15.8. The van der Waals surface area contributed by atoms with Gasteiger partial charge in [-0.05, 0) is 39.8 Å². The number of piperidine rings is 1. The Labute approximate surface area is 128 Å². The number of carbonyl (C=O) groups is 1. The van der Waals surface area contributed by atoms with Gasteiger partial charge in [-0.3, -0.25) is 9.78 Å². The average Bonchev–Trinajstić information content (AvgIpc) is 2.43. The van der Waals surface area contributed by atoms with E-state index in [1.807, 2.05) is 11.9 Å². The van der Waals surface area contributed by atoms with Crippen LogP contribution in [0.5, 0.6) is 0 Å². The summed E-state index contributed by atoms with van der Waals surface area (Å²) in [7, 11) is 4.20. The molecule has 0 radical (unpaired) electrons. The van der Waals surface area contributed by atoms with Crippen molar-refractivity contribution in [1.29, 1.82) is 0 Å². The lowest BCUT2D eigenvalue weighted by molar-refractivity contribution is -0.983. The van der Waals surface area contributed by atoms with Crippen molar-refractivity contribution in [3.05, 3.63) is 30.1 Å². The van der Waals surface area contributed by atoms with Crippen LogP contribution >= 0.6 is 0 Å². The highest BCUT2D eigenvalue weighted by Crippen LogP contribution is 2.27. The third-order valence-electron chi connectivity index (χ3n) is 5.32. The van der Waals surface area contributed by atoms with Crippen molar-refractivity contribution in [3.63, 3.8) is 0 Å². The van der Waals surface area contributed by atoms with Crippen LogP contribution in [0.4, 0.5) is 0 Å². The first kappa shape index (κ1) is 16.0. The Balaban J connectivity index is 2.20. The number of amides is 1. The van der Waals surface area contributed by atoms with Gasteiger partial charge in [0.2, 0.25) is 0 Å². The first-order chi connectivity index (χ1) is 9.65. The molecular formula is C17H28N3O+. The van der Waals surface area contributed by atoms with Crippen molar-refractivity contribution in [1.82, 2.24) is 9.88 Å². The number of nitrogens with one attached hydrogen (secondary N) is 1. The van der Waals surface area contributed by atoms with Crippen molar-refractivity contribution < 1.29 is 9.69 Å². The second-order valence-corrected chi connectivity index (χ2v) is 7.61. The molecule has 21 heavy (non-hydrogen) atoms. The molecule has 1 N–H and O–H groups in total. The Morgan fingerprint density at radius 3 is 2.14 bits per heavy atom. The van der Waals surface area contributed by atoms with E-state index in [2.05, 4.69) is 39.7 Å².